The van der Waals surface area contributed by atoms with E-state index in [-0.39, 0.29) is 5.91 Å². The zero-order valence-corrected chi connectivity index (χ0v) is 9.94. The van der Waals surface area contributed by atoms with Crippen molar-refractivity contribution in [1.29, 1.82) is 5.26 Å². The van der Waals surface area contributed by atoms with Crippen LogP contribution in [0.2, 0.25) is 0 Å². The molecule has 3 heteroatoms. The molecule has 1 aromatic rings. The van der Waals surface area contributed by atoms with Crippen molar-refractivity contribution in [3.63, 3.8) is 0 Å². The summed E-state index contributed by atoms with van der Waals surface area (Å²) in [5.41, 5.74) is 1.58. The van der Waals surface area contributed by atoms with Crippen molar-refractivity contribution in [3.05, 3.63) is 35.4 Å². The monoisotopic (exact) mass is 228 g/mol. The molecule has 3 nitrogen and oxygen atoms in total. The number of hydrogen-bond donors (Lipinski definition) is 1. The fourth-order valence-electron chi connectivity index (χ4n) is 1.87. The minimum absolute atomic E-state index is 0.0637. The Kier molecular flexibility index (Phi) is 3.43. The van der Waals surface area contributed by atoms with Crippen LogP contribution in [0.25, 0.3) is 0 Å². The summed E-state index contributed by atoms with van der Waals surface area (Å²) >= 11 is 0. The topological polar surface area (TPSA) is 52.9 Å². The second kappa shape index (κ2) is 5.01. The number of nitriles is 1. The van der Waals surface area contributed by atoms with Crippen LogP contribution >= 0.6 is 0 Å². The number of nitrogens with zero attached hydrogens (tertiary/aromatic N) is 1. The normalized spacial score (nSPS) is 21.6. The van der Waals surface area contributed by atoms with Crippen LogP contribution < -0.4 is 5.32 Å². The van der Waals surface area contributed by atoms with Crippen LogP contribution in [-0.4, -0.2) is 12.5 Å². The molecule has 1 fully saturated rings. The first-order valence-corrected chi connectivity index (χ1v) is 5.95. The van der Waals surface area contributed by atoms with E-state index in [1.54, 1.807) is 12.1 Å². The smallest absolute Gasteiger partial charge is 0.224 e. The lowest BCUT2D eigenvalue weighted by Gasteiger charge is -2.04. The van der Waals surface area contributed by atoms with Gasteiger partial charge in [0, 0.05) is 6.54 Å². The van der Waals surface area contributed by atoms with E-state index in [0.29, 0.717) is 17.9 Å². The molecule has 0 radical (unpaired) electrons. The van der Waals surface area contributed by atoms with Crippen LogP contribution in [0.1, 0.15) is 24.5 Å². The molecule has 0 spiro atoms. The van der Waals surface area contributed by atoms with Gasteiger partial charge in [-0.25, -0.2) is 0 Å². The van der Waals surface area contributed by atoms with E-state index in [0.717, 1.165) is 18.0 Å². The van der Waals surface area contributed by atoms with Gasteiger partial charge in [0.15, 0.2) is 0 Å². The minimum atomic E-state index is 0.0637. The van der Waals surface area contributed by atoms with Crippen LogP contribution in [0.4, 0.5) is 0 Å². The van der Waals surface area contributed by atoms with Crippen molar-refractivity contribution in [2.75, 3.05) is 6.54 Å². The molecule has 0 saturated heterocycles. The Labute approximate surface area is 101 Å². The Balaban J connectivity index is 1.79. The summed E-state index contributed by atoms with van der Waals surface area (Å²) in [6.45, 7) is 3.01. The first-order chi connectivity index (χ1) is 8.19. The van der Waals surface area contributed by atoms with Crippen molar-refractivity contribution in [2.24, 2.45) is 11.8 Å². The molecule has 2 rings (SSSR count). The summed E-state index contributed by atoms with van der Waals surface area (Å²) in [6.07, 6.45) is 1.63. The molecule has 88 valence electrons. The third-order valence-corrected chi connectivity index (χ3v) is 3.29. The van der Waals surface area contributed by atoms with Gasteiger partial charge in [0.25, 0.3) is 0 Å². The minimum Gasteiger partial charge on any atom is -0.356 e. The number of nitrogens with one attached hydrogen (secondary N) is 1. The van der Waals surface area contributed by atoms with Crippen molar-refractivity contribution < 1.29 is 4.79 Å². The second-order valence-electron chi connectivity index (χ2n) is 4.76. The molecule has 0 aliphatic heterocycles. The predicted octanol–water partition coefficient (Wildman–Crippen LogP) is 1.87. The largest absolute Gasteiger partial charge is 0.356 e. The second-order valence-corrected chi connectivity index (χ2v) is 4.76. The van der Waals surface area contributed by atoms with Gasteiger partial charge in [-0.15, -0.1) is 0 Å². The van der Waals surface area contributed by atoms with Gasteiger partial charge in [-0.1, -0.05) is 19.1 Å². The highest BCUT2D eigenvalue weighted by molar-refractivity contribution is 5.78. The number of hydrogen-bond acceptors (Lipinski definition) is 2. The molecule has 17 heavy (non-hydrogen) atoms. The van der Waals surface area contributed by atoms with E-state index >= 15 is 0 Å². The van der Waals surface area contributed by atoms with E-state index < -0.39 is 0 Å². The quantitative estimate of drug-likeness (QED) is 0.855. The van der Waals surface area contributed by atoms with E-state index in [4.69, 9.17) is 5.26 Å². The maximum absolute atomic E-state index is 11.6. The summed E-state index contributed by atoms with van der Waals surface area (Å²) < 4.78 is 0. The van der Waals surface area contributed by atoms with E-state index in [1.165, 1.54) is 6.42 Å². The van der Waals surface area contributed by atoms with Gasteiger partial charge in [0.1, 0.15) is 0 Å². The summed E-state index contributed by atoms with van der Waals surface area (Å²) in [5, 5.41) is 11.6. The molecule has 1 N–H and O–H groups in total. The van der Waals surface area contributed by atoms with Crippen LogP contribution in [0.15, 0.2) is 24.3 Å². The number of carbonyl (C=O) groups is 1. The average molecular weight is 228 g/mol. The highest BCUT2D eigenvalue weighted by Crippen LogP contribution is 2.36. The Morgan fingerprint density at radius 2 is 2.12 bits per heavy atom. The fraction of sp³-hybridized carbons (Fsp3) is 0.429. The molecule has 0 aromatic heterocycles. The van der Waals surface area contributed by atoms with Gasteiger partial charge in [-0.2, -0.15) is 5.26 Å². The zero-order valence-electron chi connectivity index (χ0n) is 9.94. The lowest BCUT2D eigenvalue weighted by Crippen LogP contribution is -2.27. The molecule has 0 heterocycles. The lowest BCUT2D eigenvalue weighted by atomic mass is 10.1. The van der Waals surface area contributed by atoms with E-state index in [2.05, 4.69) is 18.3 Å². The Hall–Kier alpha value is -1.82. The zero-order chi connectivity index (χ0) is 12.3. The maximum atomic E-state index is 11.6. The van der Waals surface area contributed by atoms with Crippen molar-refractivity contribution in [2.45, 2.75) is 19.8 Å². The van der Waals surface area contributed by atoms with Crippen LogP contribution in [-0.2, 0) is 11.2 Å². The highest BCUT2D eigenvalue weighted by atomic mass is 16.1. The highest BCUT2D eigenvalue weighted by Gasteiger charge is 2.32. The third-order valence-electron chi connectivity index (χ3n) is 3.29. The molecular formula is C14H16N2O. The average Bonchev–Trinajstić information content (AvgIpc) is 3.04. The van der Waals surface area contributed by atoms with Crippen LogP contribution in [0, 0.1) is 23.2 Å². The number of carbonyl (C=O) groups excluding carboxylic acids is 1. The first kappa shape index (κ1) is 11.7. The van der Waals surface area contributed by atoms with Crippen molar-refractivity contribution in [3.8, 4) is 6.07 Å². The van der Waals surface area contributed by atoms with Gasteiger partial charge in [-0.3, -0.25) is 4.79 Å². The molecule has 2 atom stereocenters. The molecule has 1 aromatic carbocycles. The molecule has 1 aliphatic carbocycles. The number of amides is 1. The molecule has 1 amide bonds. The van der Waals surface area contributed by atoms with Gasteiger partial charge < -0.3 is 5.32 Å². The summed E-state index contributed by atoms with van der Waals surface area (Å²) in [5.74, 6) is 1.51. The van der Waals surface area contributed by atoms with Crippen LogP contribution in [0.3, 0.4) is 0 Å². The Morgan fingerprint density at radius 1 is 1.47 bits per heavy atom. The summed E-state index contributed by atoms with van der Waals surface area (Å²) in [6, 6.07) is 9.21. The molecule has 1 aliphatic rings. The van der Waals surface area contributed by atoms with Gasteiger partial charge >= 0.3 is 0 Å². The summed E-state index contributed by atoms with van der Waals surface area (Å²) in [7, 11) is 0. The lowest BCUT2D eigenvalue weighted by molar-refractivity contribution is -0.120. The summed E-state index contributed by atoms with van der Waals surface area (Å²) in [4.78, 5) is 11.6. The standard InChI is InChI=1S/C14H16N2O/c1-10-6-13(10)9-16-14(17)7-11-2-4-12(8-15)5-3-11/h2-5,10,13H,6-7,9H2,1H3,(H,16,17). The Morgan fingerprint density at radius 3 is 2.65 bits per heavy atom. The predicted molar refractivity (Wildman–Crippen MR) is 65.1 cm³/mol. The molecular weight excluding hydrogens is 212 g/mol. The van der Waals surface area contributed by atoms with Crippen molar-refractivity contribution in [1.82, 2.24) is 5.32 Å². The number of benzene rings is 1. The Bertz CT molecular complexity index is 444. The van der Waals surface area contributed by atoms with Gasteiger partial charge in [0.05, 0.1) is 18.1 Å². The van der Waals surface area contributed by atoms with E-state index in [1.807, 2.05) is 12.1 Å². The third kappa shape index (κ3) is 3.32. The maximum Gasteiger partial charge on any atom is 0.224 e. The number of rotatable bonds is 4. The molecule has 1 saturated carbocycles. The fourth-order valence-corrected chi connectivity index (χ4v) is 1.87. The SMILES string of the molecule is CC1CC1CNC(=O)Cc1ccc(C#N)cc1. The van der Waals surface area contributed by atoms with Crippen LogP contribution in [0.5, 0.6) is 0 Å². The van der Waals surface area contributed by atoms with Gasteiger partial charge in [0.2, 0.25) is 5.91 Å². The first-order valence-electron chi connectivity index (χ1n) is 5.95. The molecule has 0 bridgehead atoms. The van der Waals surface area contributed by atoms with Crippen molar-refractivity contribution >= 4 is 5.91 Å². The van der Waals surface area contributed by atoms with Gasteiger partial charge in [-0.05, 0) is 36.0 Å². The van der Waals surface area contributed by atoms with E-state index in [9.17, 15) is 4.79 Å². The molecule has 2 unspecified atom stereocenters.